The zero-order chi connectivity index (χ0) is 17.4. The van der Waals surface area contributed by atoms with E-state index in [0.29, 0.717) is 12.0 Å². The van der Waals surface area contributed by atoms with E-state index in [2.05, 4.69) is 9.51 Å². The van der Waals surface area contributed by atoms with Crippen molar-refractivity contribution in [2.75, 3.05) is 12.3 Å². The zero-order valence-corrected chi connectivity index (χ0v) is 13.0. The van der Waals surface area contributed by atoms with Gasteiger partial charge < -0.3 is 30.5 Å². The molecule has 6 N–H and O–H groups in total. The van der Waals surface area contributed by atoms with Gasteiger partial charge in [0.1, 0.15) is 24.1 Å². The molecule has 0 saturated carbocycles. The fraction of sp³-hybridized carbons (Fsp3) is 0.636. The van der Waals surface area contributed by atoms with Crippen molar-refractivity contribution in [3.8, 4) is 0 Å². The Bertz CT molecular complexity index is 674. The number of nitrogens with zero attached hydrogens (tertiary/aromatic N) is 2. The number of hydrogen-bond acceptors (Lipinski definition) is 8. The molecule has 0 spiro atoms. The maximum absolute atomic E-state index is 11.9. The highest BCUT2D eigenvalue weighted by atomic mass is 31.2. The standard InChI is InChI=1S/C11H18N3O8P/c1-2-5-3-14(11(17)13-9(5)12)10-8(16)7(15)6(22-10)4-21-23(18,19)20/h3,6-8,10,15-16H,2,4H2,1H3,(H2,12,13,17)(H2,18,19,20)/t6-,7-,8-,10?/m1/s1. The van der Waals surface area contributed by atoms with E-state index in [0.717, 1.165) is 4.57 Å². The Morgan fingerprint density at radius 3 is 2.65 bits per heavy atom. The maximum Gasteiger partial charge on any atom is 0.469 e. The minimum atomic E-state index is -4.76. The molecule has 4 atom stereocenters. The van der Waals surface area contributed by atoms with Crippen molar-refractivity contribution in [1.82, 2.24) is 9.55 Å². The zero-order valence-electron chi connectivity index (χ0n) is 12.1. The van der Waals surface area contributed by atoms with Crippen LogP contribution < -0.4 is 11.4 Å². The van der Waals surface area contributed by atoms with Crippen molar-refractivity contribution in [2.45, 2.75) is 37.9 Å². The summed E-state index contributed by atoms with van der Waals surface area (Å²) in [6.45, 7) is 1.14. The Morgan fingerprint density at radius 2 is 2.09 bits per heavy atom. The summed E-state index contributed by atoms with van der Waals surface area (Å²) in [7, 11) is -4.76. The van der Waals surface area contributed by atoms with Crippen LogP contribution in [0.4, 0.5) is 5.82 Å². The molecule has 2 heterocycles. The first-order valence-corrected chi connectivity index (χ1v) is 8.26. The second-order valence-corrected chi connectivity index (χ2v) is 6.27. The van der Waals surface area contributed by atoms with Gasteiger partial charge in [-0.2, -0.15) is 4.98 Å². The molecule has 11 nitrogen and oxygen atoms in total. The van der Waals surface area contributed by atoms with E-state index in [4.69, 9.17) is 20.3 Å². The van der Waals surface area contributed by atoms with Crippen LogP contribution >= 0.6 is 7.82 Å². The molecular formula is C11H18N3O8P. The number of rotatable bonds is 5. The number of anilines is 1. The number of nitrogens with two attached hydrogens (primary N) is 1. The highest BCUT2D eigenvalue weighted by Gasteiger charge is 2.45. The van der Waals surface area contributed by atoms with Gasteiger partial charge in [0, 0.05) is 11.8 Å². The molecular weight excluding hydrogens is 333 g/mol. The van der Waals surface area contributed by atoms with Crippen LogP contribution in [-0.4, -0.2) is 54.5 Å². The van der Waals surface area contributed by atoms with E-state index in [1.807, 2.05) is 0 Å². The summed E-state index contributed by atoms with van der Waals surface area (Å²) in [5.41, 5.74) is 5.36. The Balaban J connectivity index is 2.24. The normalized spacial score (nSPS) is 28.2. The third kappa shape index (κ3) is 3.96. The summed E-state index contributed by atoms with van der Waals surface area (Å²) in [4.78, 5) is 32.9. The molecule has 1 saturated heterocycles. The van der Waals surface area contributed by atoms with Gasteiger partial charge in [0.15, 0.2) is 6.23 Å². The van der Waals surface area contributed by atoms with Crippen molar-refractivity contribution in [2.24, 2.45) is 0 Å². The molecule has 12 heteroatoms. The van der Waals surface area contributed by atoms with Crippen LogP contribution in [0.5, 0.6) is 0 Å². The second kappa shape index (κ2) is 6.65. The van der Waals surface area contributed by atoms with E-state index < -0.39 is 44.7 Å². The molecule has 2 rings (SSSR count). The van der Waals surface area contributed by atoms with Crippen molar-refractivity contribution >= 4 is 13.6 Å². The Labute approximate surface area is 130 Å². The predicted octanol–water partition coefficient (Wildman–Crippen LogP) is -1.88. The molecule has 1 aliphatic heterocycles. The van der Waals surface area contributed by atoms with Gasteiger partial charge in [-0.25, -0.2) is 9.36 Å². The highest BCUT2D eigenvalue weighted by molar-refractivity contribution is 7.46. The van der Waals surface area contributed by atoms with Crippen LogP contribution in [0, 0.1) is 0 Å². The van der Waals surface area contributed by atoms with Crippen LogP contribution in [0.2, 0.25) is 0 Å². The van der Waals surface area contributed by atoms with E-state index in [1.165, 1.54) is 6.20 Å². The van der Waals surface area contributed by atoms with Gasteiger partial charge in [-0.05, 0) is 6.42 Å². The van der Waals surface area contributed by atoms with E-state index in [9.17, 15) is 19.6 Å². The molecule has 0 bridgehead atoms. The molecule has 0 amide bonds. The van der Waals surface area contributed by atoms with Gasteiger partial charge in [-0.3, -0.25) is 9.09 Å². The van der Waals surface area contributed by atoms with Gasteiger partial charge in [-0.15, -0.1) is 0 Å². The summed E-state index contributed by atoms with van der Waals surface area (Å²) < 4.78 is 21.2. The van der Waals surface area contributed by atoms with Crippen molar-refractivity contribution < 1.29 is 33.8 Å². The number of phosphoric ester groups is 1. The van der Waals surface area contributed by atoms with E-state index >= 15 is 0 Å². The average molecular weight is 351 g/mol. The smallest absolute Gasteiger partial charge is 0.387 e. The molecule has 23 heavy (non-hydrogen) atoms. The number of aromatic nitrogens is 2. The number of ether oxygens (including phenoxy) is 1. The first-order valence-electron chi connectivity index (χ1n) is 6.73. The van der Waals surface area contributed by atoms with Gasteiger partial charge in [0.25, 0.3) is 0 Å². The fourth-order valence-electron chi connectivity index (χ4n) is 2.24. The summed E-state index contributed by atoms with van der Waals surface area (Å²) in [6, 6.07) is 0. The molecule has 1 fully saturated rings. The topological polar surface area (TPSA) is 177 Å². The molecule has 0 radical (unpaired) electrons. The van der Waals surface area contributed by atoms with E-state index in [1.54, 1.807) is 6.92 Å². The molecule has 1 aromatic rings. The van der Waals surface area contributed by atoms with Gasteiger partial charge in [0.05, 0.1) is 6.61 Å². The molecule has 130 valence electrons. The Morgan fingerprint density at radius 1 is 1.43 bits per heavy atom. The summed E-state index contributed by atoms with van der Waals surface area (Å²) >= 11 is 0. The quantitative estimate of drug-likeness (QED) is 0.377. The van der Waals surface area contributed by atoms with Crippen molar-refractivity contribution in [1.29, 1.82) is 0 Å². The van der Waals surface area contributed by atoms with Gasteiger partial charge in [-0.1, -0.05) is 6.92 Å². The lowest BCUT2D eigenvalue weighted by Crippen LogP contribution is -2.36. The maximum atomic E-state index is 11.9. The van der Waals surface area contributed by atoms with Crippen LogP contribution in [0.1, 0.15) is 18.7 Å². The number of aliphatic hydroxyl groups is 2. The number of hydrogen-bond donors (Lipinski definition) is 5. The number of phosphoric acid groups is 1. The predicted molar refractivity (Wildman–Crippen MR) is 76.2 cm³/mol. The summed E-state index contributed by atoms with van der Waals surface area (Å²) in [5, 5.41) is 19.9. The van der Waals surface area contributed by atoms with Gasteiger partial charge >= 0.3 is 13.5 Å². The van der Waals surface area contributed by atoms with Crippen molar-refractivity contribution in [3.63, 3.8) is 0 Å². The minimum Gasteiger partial charge on any atom is -0.387 e. The first-order chi connectivity index (χ1) is 10.6. The van der Waals surface area contributed by atoms with E-state index in [-0.39, 0.29) is 5.82 Å². The van der Waals surface area contributed by atoms with Gasteiger partial charge in [0.2, 0.25) is 0 Å². The lowest BCUT2D eigenvalue weighted by Gasteiger charge is -2.18. The Kier molecular flexibility index (Phi) is 5.21. The third-order valence-corrected chi connectivity index (χ3v) is 3.95. The minimum absolute atomic E-state index is 0.0585. The SMILES string of the molecule is CCc1cn(C2O[C@H](COP(=O)(O)O)[C@@H](O)[C@H]2O)c(=O)nc1N. The number of nitrogen functional groups attached to an aromatic ring is 1. The Hall–Kier alpha value is -1.33. The molecule has 1 unspecified atom stereocenters. The third-order valence-electron chi connectivity index (χ3n) is 3.46. The van der Waals surface area contributed by atoms with Crippen LogP contribution in [-0.2, 0) is 20.2 Å². The molecule has 0 aliphatic carbocycles. The first kappa shape index (κ1) is 18.0. The van der Waals surface area contributed by atoms with Crippen LogP contribution in [0.3, 0.4) is 0 Å². The highest BCUT2D eigenvalue weighted by Crippen LogP contribution is 2.38. The molecule has 0 aromatic carbocycles. The lowest BCUT2D eigenvalue weighted by molar-refractivity contribution is -0.0543. The largest absolute Gasteiger partial charge is 0.469 e. The summed E-state index contributed by atoms with van der Waals surface area (Å²) in [6.07, 6.45) is -3.67. The molecule has 1 aliphatic rings. The molecule has 1 aromatic heterocycles. The lowest BCUT2D eigenvalue weighted by atomic mass is 10.1. The summed E-state index contributed by atoms with van der Waals surface area (Å²) in [5.74, 6) is 0.0585. The number of aryl methyl sites for hydroxylation is 1. The van der Waals surface area contributed by atoms with Crippen molar-refractivity contribution in [3.05, 3.63) is 22.2 Å². The average Bonchev–Trinajstić information content (AvgIpc) is 2.73. The number of aliphatic hydroxyl groups excluding tert-OH is 2. The van der Waals surface area contributed by atoms with Crippen LogP contribution in [0.15, 0.2) is 11.0 Å². The fourth-order valence-corrected chi connectivity index (χ4v) is 2.58. The van der Waals surface area contributed by atoms with Crippen LogP contribution in [0.25, 0.3) is 0 Å². The second-order valence-electron chi connectivity index (χ2n) is 5.03. The monoisotopic (exact) mass is 351 g/mol.